The molecular formula is C45H91NO8S. The van der Waals surface area contributed by atoms with Crippen LogP contribution in [0.15, 0.2) is 0 Å². The van der Waals surface area contributed by atoms with E-state index in [4.69, 9.17) is 0 Å². The Kier molecular flexibility index (Phi) is 40.8. The van der Waals surface area contributed by atoms with Crippen LogP contribution < -0.4 is 0 Å². The molecule has 0 aliphatic rings. The van der Waals surface area contributed by atoms with Crippen molar-refractivity contribution in [3.05, 3.63) is 0 Å². The number of likely N-dealkylation sites (N-methyl/N-ethyl adjacent to an activating group) is 1. The van der Waals surface area contributed by atoms with Crippen molar-refractivity contribution < 1.29 is 41.4 Å². The maximum Gasteiger partial charge on any atom is 0.217 e. The molecule has 0 saturated carbocycles. The molecule has 9 nitrogen and oxygen atoms in total. The van der Waals surface area contributed by atoms with Crippen molar-refractivity contribution in [3.63, 3.8) is 0 Å². The number of Topliss-reactive ketones (excluding diaryl/α,β-unsaturated/α-hetero) is 2. The highest BCUT2D eigenvalue weighted by Crippen LogP contribution is 2.17. The van der Waals surface area contributed by atoms with Crippen LogP contribution in [-0.2, 0) is 24.2 Å². The standard InChI is InChI=1S/C44H88NO4.CH4O4S/c1-5-7-9-11-13-15-17-19-21-23-25-27-29-31-33-35-41(46)37-43(48)39-45(3,4)40-44(49)38-42(47)36-34-32-30-28-26-24-22-20-18-16-14-12-10-8-6-2;1-5-6(2,3)4/h43-44,48-49H,5-40H2,1-4H3;1H3,(H,2,3,4)/q+1;/p-1. The van der Waals surface area contributed by atoms with Crippen LogP contribution in [-0.4, -0.2) is 85.7 Å². The van der Waals surface area contributed by atoms with Crippen molar-refractivity contribution in [2.75, 3.05) is 34.3 Å². The van der Waals surface area contributed by atoms with Crippen molar-refractivity contribution in [2.24, 2.45) is 0 Å². The van der Waals surface area contributed by atoms with Gasteiger partial charge in [-0.05, 0) is 12.8 Å². The Morgan fingerprint density at radius 3 is 0.891 bits per heavy atom. The van der Waals surface area contributed by atoms with Crippen molar-refractivity contribution >= 4 is 22.0 Å². The van der Waals surface area contributed by atoms with E-state index in [9.17, 15) is 32.8 Å². The SMILES string of the molecule is CCCCCCCCCCCCCCCCCC(=O)CC(O)C[N+](C)(C)CC(O)CC(=O)CCCCCCCCCCCCCCCCC.COS(=O)(=O)[O-]. The average molecular weight is 806 g/mol. The van der Waals surface area contributed by atoms with Gasteiger partial charge < -0.3 is 19.2 Å². The van der Waals surface area contributed by atoms with Crippen LogP contribution >= 0.6 is 0 Å². The van der Waals surface area contributed by atoms with Crippen LogP contribution in [0, 0.1) is 0 Å². The summed E-state index contributed by atoms with van der Waals surface area (Å²) < 4.78 is 31.4. The highest BCUT2D eigenvalue weighted by Gasteiger charge is 2.26. The summed E-state index contributed by atoms with van der Waals surface area (Å²) >= 11 is 0. The summed E-state index contributed by atoms with van der Waals surface area (Å²) in [5.41, 5.74) is 0. The first-order chi connectivity index (χ1) is 26.3. The van der Waals surface area contributed by atoms with Crippen molar-refractivity contribution in [1.82, 2.24) is 0 Å². The fourth-order valence-corrected chi connectivity index (χ4v) is 7.46. The number of aliphatic hydroxyl groups is 2. The average Bonchev–Trinajstić information content (AvgIpc) is 3.10. The molecule has 0 aromatic rings. The molecular weight excluding hydrogens is 715 g/mol. The molecule has 2 unspecified atom stereocenters. The highest BCUT2D eigenvalue weighted by molar-refractivity contribution is 7.80. The number of nitrogens with zero attached hydrogens (tertiary/aromatic N) is 1. The van der Waals surface area contributed by atoms with Gasteiger partial charge in [-0.3, -0.25) is 13.8 Å². The van der Waals surface area contributed by atoms with Gasteiger partial charge in [-0.15, -0.1) is 0 Å². The summed E-state index contributed by atoms with van der Waals surface area (Å²) in [6.45, 7) is 5.37. The number of hydrogen-bond donors (Lipinski definition) is 2. The number of rotatable bonds is 41. The van der Waals surface area contributed by atoms with Crippen LogP contribution in [0.5, 0.6) is 0 Å². The second-order valence-corrected chi connectivity index (χ2v) is 18.2. The molecule has 2 atom stereocenters. The normalized spacial score (nSPS) is 13.0. The van der Waals surface area contributed by atoms with Crippen LogP contribution in [0.3, 0.4) is 0 Å². The molecule has 0 aliphatic heterocycles. The Morgan fingerprint density at radius 1 is 0.491 bits per heavy atom. The summed E-state index contributed by atoms with van der Waals surface area (Å²) in [5, 5.41) is 21.2. The minimum absolute atomic E-state index is 0.140. The maximum atomic E-state index is 12.5. The zero-order chi connectivity index (χ0) is 41.5. The van der Waals surface area contributed by atoms with Gasteiger partial charge >= 0.3 is 0 Å². The molecule has 0 bridgehead atoms. The largest absolute Gasteiger partial charge is 0.726 e. The van der Waals surface area contributed by atoms with Gasteiger partial charge in [0.05, 0.1) is 21.2 Å². The number of aliphatic hydroxyl groups excluding tert-OH is 2. The van der Waals surface area contributed by atoms with Crippen molar-refractivity contribution in [2.45, 2.75) is 244 Å². The number of quaternary nitrogens is 1. The minimum Gasteiger partial charge on any atom is -0.726 e. The molecule has 0 rings (SSSR count). The molecule has 0 spiro atoms. The first-order valence-electron chi connectivity index (χ1n) is 23.0. The summed E-state index contributed by atoms with van der Waals surface area (Å²) in [6, 6.07) is 0. The number of unbranched alkanes of at least 4 members (excludes halogenated alkanes) is 28. The second-order valence-electron chi connectivity index (χ2n) is 17.1. The molecule has 10 heteroatoms. The molecule has 0 aromatic heterocycles. The Morgan fingerprint density at radius 2 is 0.691 bits per heavy atom. The smallest absolute Gasteiger partial charge is 0.217 e. The number of carbonyl (C=O) groups excluding carboxylic acids is 2. The van der Waals surface area contributed by atoms with E-state index in [2.05, 4.69) is 18.0 Å². The molecule has 2 N–H and O–H groups in total. The van der Waals surface area contributed by atoms with Crippen molar-refractivity contribution in [3.8, 4) is 0 Å². The summed E-state index contributed by atoms with van der Waals surface area (Å²) in [6.07, 6.45) is 39.4. The van der Waals surface area contributed by atoms with E-state index < -0.39 is 22.6 Å². The third-order valence-corrected chi connectivity index (χ3v) is 11.1. The zero-order valence-corrected chi connectivity index (χ0v) is 37.6. The highest BCUT2D eigenvalue weighted by atomic mass is 32.3. The summed E-state index contributed by atoms with van der Waals surface area (Å²) in [4.78, 5) is 24.9. The Hall–Kier alpha value is -0.910. The molecule has 0 aromatic carbocycles. The van der Waals surface area contributed by atoms with Crippen LogP contribution in [0.25, 0.3) is 0 Å². The van der Waals surface area contributed by atoms with Crippen molar-refractivity contribution in [1.29, 1.82) is 0 Å². The summed E-state index contributed by atoms with van der Waals surface area (Å²) in [7, 11) is 0.322. The Labute approximate surface area is 341 Å². The van der Waals surface area contributed by atoms with Crippen LogP contribution in [0.2, 0.25) is 0 Å². The quantitative estimate of drug-likeness (QED) is 0.0269. The number of carbonyl (C=O) groups is 2. The lowest BCUT2D eigenvalue weighted by atomic mass is 10.0. The molecule has 0 amide bonds. The van der Waals surface area contributed by atoms with E-state index in [0.29, 0.717) is 30.4 Å². The van der Waals surface area contributed by atoms with Gasteiger partial charge in [0.1, 0.15) is 36.9 Å². The molecule has 0 heterocycles. The van der Waals surface area contributed by atoms with Gasteiger partial charge in [0.15, 0.2) is 0 Å². The number of hydrogen-bond acceptors (Lipinski definition) is 8. The topological polar surface area (TPSA) is 141 Å². The van der Waals surface area contributed by atoms with Gasteiger partial charge in [0.25, 0.3) is 0 Å². The zero-order valence-electron chi connectivity index (χ0n) is 36.8. The Balaban J connectivity index is 0. The summed E-state index contributed by atoms with van der Waals surface area (Å²) in [5.74, 6) is 0.280. The van der Waals surface area contributed by atoms with Gasteiger partial charge in [-0.25, -0.2) is 8.42 Å². The molecule has 0 saturated heterocycles. The van der Waals surface area contributed by atoms with Crippen LogP contribution in [0.4, 0.5) is 0 Å². The van der Waals surface area contributed by atoms with Gasteiger partial charge in [0.2, 0.25) is 10.4 Å². The fourth-order valence-electron chi connectivity index (χ4n) is 7.46. The maximum absolute atomic E-state index is 12.5. The first-order valence-corrected chi connectivity index (χ1v) is 24.3. The lowest BCUT2D eigenvalue weighted by Gasteiger charge is -2.33. The van der Waals surface area contributed by atoms with Gasteiger partial charge in [-0.2, -0.15) is 0 Å². The van der Waals surface area contributed by atoms with E-state index in [-0.39, 0.29) is 24.4 Å². The van der Waals surface area contributed by atoms with Gasteiger partial charge in [-0.1, -0.05) is 194 Å². The first kappa shape index (κ1) is 56.2. The fraction of sp³-hybridized carbons (Fsp3) is 0.956. The van der Waals surface area contributed by atoms with Gasteiger partial charge in [0, 0.05) is 25.7 Å². The van der Waals surface area contributed by atoms with Crippen LogP contribution in [0.1, 0.15) is 232 Å². The molecule has 0 radical (unpaired) electrons. The monoisotopic (exact) mass is 806 g/mol. The number of ketones is 2. The third-order valence-electron chi connectivity index (χ3n) is 10.7. The predicted molar refractivity (Wildman–Crippen MR) is 229 cm³/mol. The molecule has 330 valence electrons. The predicted octanol–water partition coefficient (Wildman–Crippen LogP) is 11.3. The second kappa shape index (κ2) is 39.9. The third kappa shape index (κ3) is 47.4. The van der Waals surface area contributed by atoms with E-state index >= 15 is 0 Å². The molecule has 0 fully saturated rings. The van der Waals surface area contributed by atoms with E-state index in [1.165, 1.54) is 167 Å². The van der Waals surface area contributed by atoms with E-state index in [0.717, 1.165) is 32.8 Å². The molecule has 55 heavy (non-hydrogen) atoms. The minimum atomic E-state index is -4.41. The van der Waals surface area contributed by atoms with E-state index in [1.807, 2.05) is 14.1 Å². The van der Waals surface area contributed by atoms with E-state index in [1.54, 1.807) is 0 Å². The Bertz CT molecular complexity index is 901. The lowest BCUT2D eigenvalue weighted by molar-refractivity contribution is -0.896. The molecule has 0 aliphatic carbocycles. The lowest BCUT2D eigenvalue weighted by Crippen LogP contribution is -2.50.